The lowest BCUT2D eigenvalue weighted by Gasteiger charge is -2.30. The first-order valence-corrected chi connectivity index (χ1v) is 13.8. The summed E-state index contributed by atoms with van der Waals surface area (Å²) in [6.45, 7) is 5.97. The molecule has 4 aromatic rings. The lowest BCUT2D eigenvalue weighted by molar-refractivity contribution is -0.151. The molecule has 0 amide bonds. The summed E-state index contributed by atoms with van der Waals surface area (Å²) in [5.41, 5.74) is 8.39. The number of carbonyl (C=O) groups is 2. The molecule has 9 heteroatoms. The van der Waals surface area contributed by atoms with E-state index in [0.29, 0.717) is 0 Å². The third-order valence-corrected chi connectivity index (χ3v) is 8.48. The van der Waals surface area contributed by atoms with Crippen molar-refractivity contribution >= 4 is 23.5 Å². The number of fused-ring (bicyclic) bond motifs is 3. The number of pyridine rings is 1. The molecule has 6 rings (SSSR count). The van der Waals surface area contributed by atoms with Crippen LogP contribution in [0.3, 0.4) is 0 Å². The Morgan fingerprint density at radius 2 is 2.10 bits per heavy atom. The molecule has 0 bridgehead atoms. The third kappa shape index (κ3) is 4.75. The van der Waals surface area contributed by atoms with Crippen LogP contribution < -0.4 is 4.74 Å². The minimum Gasteiger partial charge on any atom is -0.489 e. The van der Waals surface area contributed by atoms with E-state index in [-0.39, 0.29) is 31.0 Å². The Morgan fingerprint density at radius 3 is 2.92 bits per heavy atom. The molecule has 2 unspecified atom stereocenters. The third-order valence-electron chi connectivity index (χ3n) is 8.48. The van der Waals surface area contributed by atoms with Gasteiger partial charge in [0.15, 0.2) is 0 Å². The van der Waals surface area contributed by atoms with Gasteiger partial charge in [0.2, 0.25) is 0 Å². The fourth-order valence-electron chi connectivity index (χ4n) is 6.36. The summed E-state index contributed by atoms with van der Waals surface area (Å²) in [4.78, 5) is 30.5. The van der Waals surface area contributed by atoms with E-state index in [1.807, 2.05) is 38.4 Å². The number of nitrogens with zero attached hydrogens (tertiary/aromatic N) is 5. The highest BCUT2D eigenvalue weighted by Gasteiger charge is 2.33. The van der Waals surface area contributed by atoms with Crippen LogP contribution in [0.25, 0.3) is 11.0 Å². The van der Waals surface area contributed by atoms with Crippen LogP contribution in [-0.2, 0) is 34.3 Å². The van der Waals surface area contributed by atoms with Crippen LogP contribution in [-0.4, -0.2) is 50.0 Å². The molecule has 0 N–H and O–H groups in total. The molecule has 2 aliphatic rings. The number of rotatable bonds is 7. The molecule has 0 saturated heterocycles. The molecule has 1 aliphatic heterocycles. The van der Waals surface area contributed by atoms with E-state index in [0.717, 1.165) is 71.4 Å². The largest absolute Gasteiger partial charge is 0.489 e. The van der Waals surface area contributed by atoms with Crippen LogP contribution in [0.4, 0.5) is 0 Å². The Hall–Kier alpha value is -4.11. The van der Waals surface area contributed by atoms with E-state index in [9.17, 15) is 9.59 Å². The topological polar surface area (TPSA) is 99.4 Å². The molecular formula is C31H33N5O4. The highest BCUT2D eigenvalue weighted by molar-refractivity contribution is 5.81. The smallest absolute Gasteiger partial charge is 0.314 e. The summed E-state index contributed by atoms with van der Waals surface area (Å²) < 4.78 is 12.8. The van der Waals surface area contributed by atoms with Crippen molar-refractivity contribution in [2.24, 2.45) is 7.05 Å². The summed E-state index contributed by atoms with van der Waals surface area (Å²) in [7, 11) is 1.86. The van der Waals surface area contributed by atoms with Gasteiger partial charge >= 0.3 is 12.4 Å². The van der Waals surface area contributed by atoms with Crippen LogP contribution in [0.15, 0.2) is 48.8 Å². The molecule has 2 aromatic carbocycles. The predicted molar refractivity (Wildman–Crippen MR) is 149 cm³/mol. The molecule has 0 spiro atoms. The summed E-state index contributed by atoms with van der Waals surface area (Å²) in [5.74, 6) is 0.0568. The second-order valence-electron chi connectivity index (χ2n) is 10.8. The van der Waals surface area contributed by atoms with Crippen molar-refractivity contribution in [3.05, 3.63) is 82.2 Å². The normalized spacial score (nSPS) is 19.4. The van der Waals surface area contributed by atoms with E-state index in [1.54, 1.807) is 10.9 Å². The van der Waals surface area contributed by atoms with E-state index in [2.05, 4.69) is 45.3 Å². The van der Waals surface area contributed by atoms with Crippen LogP contribution in [0.1, 0.15) is 71.5 Å². The number of carbonyl (C=O) groups excluding carboxylic acids is 2. The number of esters is 1. The molecule has 40 heavy (non-hydrogen) atoms. The molecule has 3 heterocycles. The number of hydrogen-bond acceptors (Lipinski definition) is 8. The predicted octanol–water partition coefficient (Wildman–Crippen LogP) is 4.55. The molecule has 0 saturated carbocycles. The number of ether oxygens (including phenoxy) is 2. The Labute approximate surface area is 233 Å². The number of aryl methyl sites for hydroxylation is 3. The van der Waals surface area contributed by atoms with Gasteiger partial charge in [-0.25, -0.2) is 4.68 Å². The van der Waals surface area contributed by atoms with Crippen molar-refractivity contribution < 1.29 is 19.1 Å². The lowest BCUT2D eigenvalue weighted by atomic mass is 9.84. The standard InChI is InChI=1S/C31H33N5O4/c1-4-23-17-36(16-22-15-32-12-11-29(22)40-23)27-9-7-20-5-6-21(13-26(20)27)25(14-30(38)39-18-37)24-8-10-28-31(19(24)2)33-34-35(28)3/h5-6,8,10-13,15,18,23,25,27H,4,7,9,14,16-17H2,1-3H3/t23-,25?,27?/m1/s1. The summed E-state index contributed by atoms with van der Waals surface area (Å²) in [5, 5.41) is 8.53. The molecule has 206 valence electrons. The van der Waals surface area contributed by atoms with Gasteiger partial charge in [0.05, 0.1) is 11.9 Å². The average Bonchev–Trinajstić information content (AvgIpc) is 3.50. The van der Waals surface area contributed by atoms with Crippen LogP contribution in [0, 0.1) is 6.92 Å². The zero-order valence-electron chi connectivity index (χ0n) is 23.0. The van der Waals surface area contributed by atoms with Crippen molar-refractivity contribution in [1.82, 2.24) is 24.9 Å². The SMILES string of the molecule is CC[C@@H]1CN(C2CCc3ccc(C(CC(=O)OC=O)c4ccc5c(nnn5C)c4C)cc32)Cc2cnccc2O1. The maximum Gasteiger partial charge on any atom is 0.314 e. The van der Waals surface area contributed by atoms with Gasteiger partial charge < -0.3 is 9.47 Å². The Bertz CT molecular complexity index is 1580. The second-order valence-corrected chi connectivity index (χ2v) is 10.8. The molecule has 2 aromatic heterocycles. The molecule has 0 radical (unpaired) electrons. The van der Waals surface area contributed by atoms with E-state index >= 15 is 0 Å². The van der Waals surface area contributed by atoms with Gasteiger partial charge in [0.25, 0.3) is 0 Å². The summed E-state index contributed by atoms with van der Waals surface area (Å²) in [6, 6.07) is 12.8. The van der Waals surface area contributed by atoms with Crippen LogP contribution >= 0.6 is 0 Å². The molecule has 3 atom stereocenters. The van der Waals surface area contributed by atoms with Gasteiger partial charge in [-0.1, -0.05) is 36.4 Å². The van der Waals surface area contributed by atoms with Crippen molar-refractivity contribution in [1.29, 1.82) is 0 Å². The van der Waals surface area contributed by atoms with Gasteiger partial charge in [0.1, 0.15) is 17.4 Å². The fourth-order valence-corrected chi connectivity index (χ4v) is 6.36. The first kappa shape index (κ1) is 26.1. The summed E-state index contributed by atoms with van der Waals surface area (Å²) >= 11 is 0. The maximum absolute atomic E-state index is 12.6. The lowest BCUT2D eigenvalue weighted by Crippen LogP contribution is -2.34. The highest BCUT2D eigenvalue weighted by atomic mass is 16.6. The minimum absolute atomic E-state index is 0.0450. The summed E-state index contributed by atoms with van der Waals surface area (Å²) in [6.07, 6.45) is 6.78. The Kier molecular flexibility index (Phi) is 7.06. The van der Waals surface area contributed by atoms with Crippen molar-refractivity contribution in [2.75, 3.05) is 6.54 Å². The van der Waals surface area contributed by atoms with E-state index in [4.69, 9.17) is 9.47 Å². The van der Waals surface area contributed by atoms with E-state index in [1.165, 1.54) is 11.1 Å². The molecule has 9 nitrogen and oxygen atoms in total. The van der Waals surface area contributed by atoms with Gasteiger partial charge in [-0.3, -0.25) is 19.5 Å². The maximum atomic E-state index is 12.6. The van der Waals surface area contributed by atoms with E-state index < -0.39 is 5.97 Å². The zero-order chi connectivity index (χ0) is 27.8. The fraction of sp³-hybridized carbons (Fsp3) is 0.387. The van der Waals surface area contributed by atoms with Crippen LogP contribution in [0.2, 0.25) is 0 Å². The minimum atomic E-state index is -0.560. The zero-order valence-corrected chi connectivity index (χ0v) is 23.0. The van der Waals surface area contributed by atoms with Crippen LogP contribution in [0.5, 0.6) is 5.75 Å². The van der Waals surface area contributed by atoms with Gasteiger partial charge in [-0.05, 0) is 66.1 Å². The molecule has 1 aliphatic carbocycles. The van der Waals surface area contributed by atoms with Gasteiger partial charge in [-0.15, -0.1) is 5.10 Å². The molecule has 0 fully saturated rings. The first-order chi connectivity index (χ1) is 19.5. The average molecular weight is 540 g/mol. The number of aromatic nitrogens is 4. The van der Waals surface area contributed by atoms with Gasteiger partial charge in [-0.2, -0.15) is 0 Å². The Morgan fingerprint density at radius 1 is 1.23 bits per heavy atom. The van der Waals surface area contributed by atoms with Crippen molar-refractivity contribution in [3.8, 4) is 5.75 Å². The number of hydrogen-bond donors (Lipinski definition) is 0. The first-order valence-electron chi connectivity index (χ1n) is 13.8. The van der Waals surface area contributed by atoms with Crippen molar-refractivity contribution in [2.45, 2.75) is 64.1 Å². The van der Waals surface area contributed by atoms with Gasteiger partial charge in [0, 0.05) is 50.1 Å². The van der Waals surface area contributed by atoms with Crippen molar-refractivity contribution in [3.63, 3.8) is 0 Å². The quantitative estimate of drug-likeness (QED) is 0.192. The number of benzene rings is 2. The highest BCUT2D eigenvalue weighted by Crippen LogP contribution is 2.42. The second kappa shape index (κ2) is 10.8. The Balaban J connectivity index is 1.39. The monoisotopic (exact) mass is 539 g/mol. The molecular weight excluding hydrogens is 506 g/mol.